The van der Waals surface area contributed by atoms with E-state index in [2.05, 4.69) is 21.4 Å². The first kappa shape index (κ1) is 17.0. The highest BCUT2D eigenvalue weighted by Crippen LogP contribution is 2.25. The van der Waals surface area contributed by atoms with Gasteiger partial charge in [-0.15, -0.1) is 17.8 Å². The Balaban J connectivity index is 1.53. The Hall–Kier alpha value is -3.43. The van der Waals surface area contributed by atoms with Crippen LogP contribution in [-0.2, 0) is 6.54 Å². The summed E-state index contributed by atoms with van der Waals surface area (Å²) in [7, 11) is 0. The van der Waals surface area contributed by atoms with Crippen LogP contribution in [0.5, 0.6) is 0 Å². The molecule has 132 valence electrons. The first-order chi connectivity index (χ1) is 13.2. The number of para-hydroxylation sites is 1. The SMILES string of the molecule is C#CCn1cc(/C=N/Nc2nc(-c3ccc(F)cc3)cs2)c2ccccc21. The third kappa shape index (κ3) is 3.59. The van der Waals surface area contributed by atoms with Crippen molar-refractivity contribution in [3.63, 3.8) is 0 Å². The van der Waals surface area contributed by atoms with Crippen LogP contribution in [0.4, 0.5) is 9.52 Å². The molecule has 0 spiro atoms. The van der Waals surface area contributed by atoms with Crippen LogP contribution in [0, 0.1) is 18.2 Å². The van der Waals surface area contributed by atoms with Gasteiger partial charge in [0.15, 0.2) is 0 Å². The number of hydrazone groups is 1. The molecule has 2 heterocycles. The molecule has 6 heteroatoms. The second-order valence-electron chi connectivity index (χ2n) is 5.85. The fourth-order valence-electron chi connectivity index (χ4n) is 2.84. The first-order valence-electron chi connectivity index (χ1n) is 8.26. The van der Waals surface area contributed by atoms with E-state index in [-0.39, 0.29) is 5.82 Å². The molecular formula is C21H15FN4S. The van der Waals surface area contributed by atoms with E-state index >= 15 is 0 Å². The number of thiazole rings is 1. The lowest BCUT2D eigenvalue weighted by molar-refractivity contribution is 0.628. The van der Waals surface area contributed by atoms with E-state index in [0.29, 0.717) is 11.7 Å². The Bertz CT molecular complexity index is 1150. The van der Waals surface area contributed by atoms with Gasteiger partial charge >= 0.3 is 0 Å². The molecule has 2 aromatic heterocycles. The number of hydrogen-bond acceptors (Lipinski definition) is 4. The van der Waals surface area contributed by atoms with Crippen LogP contribution in [0.25, 0.3) is 22.2 Å². The summed E-state index contributed by atoms with van der Waals surface area (Å²) in [5, 5.41) is 7.96. The molecule has 0 unspecified atom stereocenters. The van der Waals surface area contributed by atoms with Crippen LogP contribution in [0.1, 0.15) is 5.56 Å². The summed E-state index contributed by atoms with van der Waals surface area (Å²) in [6.07, 6.45) is 9.20. The molecule has 0 radical (unpaired) electrons. The van der Waals surface area contributed by atoms with Gasteiger partial charge in [0, 0.05) is 33.6 Å². The van der Waals surface area contributed by atoms with Crippen molar-refractivity contribution in [3.8, 4) is 23.6 Å². The number of aromatic nitrogens is 2. The molecule has 0 aliphatic rings. The fraction of sp³-hybridized carbons (Fsp3) is 0.0476. The second-order valence-corrected chi connectivity index (χ2v) is 6.71. The summed E-state index contributed by atoms with van der Waals surface area (Å²) in [4.78, 5) is 4.48. The number of fused-ring (bicyclic) bond motifs is 1. The molecule has 0 bridgehead atoms. The molecule has 0 aliphatic heterocycles. The van der Waals surface area contributed by atoms with E-state index in [4.69, 9.17) is 6.42 Å². The highest BCUT2D eigenvalue weighted by Gasteiger charge is 2.06. The quantitative estimate of drug-likeness (QED) is 0.304. The van der Waals surface area contributed by atoms with Gasteiger partial charge in [-0.3, -0.25) is 5.43 Å². The average molecular weight is 374 g/mol. The third-order valence-electron chi connectivity index (χ3n) is 4.09. The van der Waals surface area contributed by atoms with Crippen LogP contribution < -0.4 is 5.43 Å². The number of anilines is 1. The van der Waals surface area contributed by atoms with Crippen LogP contribution in [0.15, 0.2) is 65.2 Å². The van der Waals surface area contributed by atoms with E-state index in [0.717, 1.165) is 27.7 Å². The smallest absolute Gasteiger partial charge is 0.203 e. The minimum atomic E-state index is -0.263. The summed E-state index contributed by atoms with van der Waals surface area (Å²) >= 11 is 1.44. The number of terminal acetylenes is 1. The summed E-state index contributed by atoms with van der Waals surface area (Å²) in [6, 6.07) is 14.3. The van der Waals surface area contributed by atoms with Gasteiger partial charge < -0.3 is 4.57 Å². The van der Waals surface area contributed by atoms with Gasteiger partial charge in [-0.1, -0.05) is 24.1 Å². The van der Waals surface area contributed by atoms with Crippen molar-refractivity contribution in [1.82, 2.24) is 9.55 Å². The molecule has 4 aromatic rings. The summed E-state index contributed by atoms with van der Waals surface area (Å²) in [5.74, 6) is 2.40. The number of hydrogen-bond donors (Lipinski definition) is 1. The summed E-state index contributed by atoms with van der Waals surface area (Å²) in [6.45, 7) is 0.509. The molecule has 2 aromatic carbocycles. The molecule has 0 fully saturated rings. The highest BCUT2D eigenvalue weighted by molar-refractivity contribution is 7.14. The Morgan fingerprint density at radius 1 is 1.22 bits per heavy atom. The van der Waals surface area contributed by atoms with Gasteiger partial charge in [0.05, 0.1) is 18.5 Å². The molecule has 4 nitrogen and oxygen atoms in total. The Kier molecular flexibility index (Phi) is 4.69. The van der Waals surface area contributed by atoms with Gasteiger partial charge in [-0.05, 0) is 30.3 Å². The second kappa shape index (κ2) is 7.44. The van der Waals surface area contributed by atoms with Crippen molar-refractivity contribution in [2.75, 3.05) is 5.43 Å². The highest BCUT2D eigenvalue weighted by atomic mass is 32.1. The van der Waals surface area contributed by atoms with Crippen LogP contribution in [-0.4, -0.2) is 15.8 Å². The predicted molar refractivity (Wildman–Crippen MR) is 109 cm³/mol. The molecule has 1 N–H and O–H groups in total. The van der Waals surface area contributed by atoms with Gasteiger partial charge in [0.1, 0.15) is 5.82 Å². The Morgan fingerprint density at radius 3 is 2.85 bits per heavy atom. The van der Waals surface area contributed by atoms with Gasteiger partial charge in [-0.25, -0.2) is 9.37 Å². The molecule has 0 saturated heterocycles. The standard InChI is InChI=1S/C21H15FN4S/c1-2-11-26-13-16(18-5-3-4-6-20(18)26)12-23-25-21-24-19(14-27-21)15-7-9-17(22)10-8-15/h1,3-10,12-14H,11H2,(H,24,25)/b23-12+. The number of halogens is 1. The topological polar surface area (TPSA) is 42.2 Å². The monoisotopic (exact) mass is 374 g/mol. The molecule has 0 amide bonds. The van der Waals surface area contributed by atoms with Crippen LogP contribution in [0.3, 0.4) is 0 Å². The lowest BCUT2D eigenvalue weighted by atomic mass is 10.2. The lowest BCUT2D eigenvalue weighted by Crippen LogP contribution is -1.92. The van der Waals surface area contributed by atoms with Crippen molar-refractivity contribution >= 4 is 33.6 Å². The van der Waals surface area contributed by atoms with Crippen molar-refractivity contribution < 1.29 is 4.39 Å². The number of benzene rings is 2. The van der Waals surface area contributed by atoms with E-state index in [9.17, 15) is 4.39 Å². The third-order valence-corrected chi connectivity index (χ3v) is 4.84. The normalized spacial score (nSPS) is 11.1. The molecule has 0 saturated carbocycles. The van der Waals surface area contributed by atoms with Gasteiger partial charge in [0.25, 0.3) is 0 Å². The lowest BCUT2D eigenvalue weighted by Gasteiger charge is -1.97. The first-order valence-corrected chi connectivity index (χ1v) is 9.14. The van der Waals surface area contributed by atoms with Crippen molar-refractivity contribution in [3.05, 3.63) is 71.5 Å². The number of nitrogens with zero attached hydrogens (tertiary/aromatic N) is 3. The Morgan fingerprint density at radius 2 is 2.04 bits per heavy atom. The zero-order chi connectivity index (χ0) is 18.6. The average Bonchev–Trinajstić information content (AvgIpc) is 3.29. The molecule has 4 rings (SSSR count). The van der Waals surface area contributed by atoms with E-state index in [1.54, 1.807) is 18.3 Å². The molecular weight excluding hydrogens is 359 g/mol. The van der Waals surface area contributed by atoms with E-state index in [1.165, 1.54) is 23.5 Å². The van der Waals surface area contributed by atoms with Crippen molar-refractivity contribution in [2.45, 2.75) is 6.54 Å². The molecule has 0 atom stereocenters. The fourth-order valence-corrected chi connectivity index (χ4v) is 3.51. The maximum Gasteiger partial charge on any atom is 0.203 e. The maximum atomic E-state index is 13.0. The minimum Gasteiger partial charge on any atom is -0.335 e. The number of nitrogens with one attached hydrogen (secondary N) is 1. The number of rotatable bonds is 5. The Labute approximate surface area is 160 Å². The molecule has 27 heavy (non-hydrogen) atoms. The zero-order valence-electron chi connectivity index (χ0n) is 14.3. The summed E-state index contributed by atoms with van der Waals surface area (Å²) < 4.78 is 15.1. The van der Waals surface area contributed by atoms with Crippen molar-refractivity contribution in [2.24, 2.45) is 5.10 Å². The van der Waals surface area contributed by atoms with Gasteiger partial charge in [0.2, 0.25) is 5.13 Å². The van der Waals surface area contributed by atoms with Crippen molar-refractivity contribution in [1.29, 1.82) is 0 Å². The zero-order valence-corrected chi connectivity index (χ0v) is 15.1. The maximum absolute atomic E-state index is 13.0. The predicted octanol–water partition coefficient (Wildman–Crippen LogP) is 4.98. The summed E-state index contributed by atoms with van der Waals surface area (Å²) in [5.41, 5.74) is 6.65. The van der Waals surface area contributed by atoms with Gasteiger partial charge in [-0.2, -0.15) is 5.10 Å². The molecule has 0 aliphatic carbocycles. The largest absolute Gasteiger partial charge is 0.335 e. The van der Waals surface area contributed by atoms with Crippen LogP contribution in [0.2, 0.25) is 0 Å². The van der Waals surface area contributed by atoms with Crippen LogP contribution >= 0.6 is 11.3 Å². The van der Waals surface area contributed by atoms with E-state index in [1.807, 2.05) is 40.4 Å². The minimum absolute atomic E-state index is 0.263. The van der Waals surface area contributed by atoms with E-state index < -0.39 is 0 Å².